The van der Waals surface area contributed by atoms with Crippen molar-refractivity contribution in [3.63, 3.8) is 0 Å². The summed E-state index contributed by atoms with van der Waals surface area (Å²) >= 11 is 1.89. The van der Waals surface area contributed by atoms with Gasteiger partial charge in [-0.05, 0) is 97.4 Å². The number of anilines is 2. The Kier molecular flexibility index (Phi) is 8.14. The number of furan rings is 1. The Morgan fingerprint density at radius 3 is 1.90 bits per heavy atom. The third-order valence-corrected chi connectivity index (χ3v) is 13.4. The molecule has 10 aromatic carbocycles. The highest BCUT2D eigenvalue weighted by atomic mass is 32.1. The molecule has 3 heteroatoms. The Morgan fingerprint density at radius 2 is 1.03 bits per heavy atom. The van der Waals surface area contributed by atoms with E-state index in [0.29, 0.717) is 6.54 Å². The first-order valence-corrected chi connectivity index (χ1v) is 21.3. The van der Waals surface area contributed by atoms with Crippen LogP contribution in [-0.2, 0) is 6.54 Å². The van der Waals surface area contributed by atoms with Crippen LogP contribution in [0.25, 0.3) is 97.0 Å². The molecule has 0 bridgehead atoms. The smallest absolute Gasteiger partial charge is 0.143 e. The van der Waals surface area contributed by atoms with Gasteiger partial charge in [-0.15, -0.1) is 11.3 Å². The topological polar surface area (TPSA) is 16.4 Å². The predicted octanol–water partition coefficient (Wildman–Crippen LogP) is 16.6. The quantitative estimate of drug-likeness (QED) is 0.150. The molecule has 0 atom stereocenters. The van der Waals surface area contributed by atoms with Crippen LogP contribution < -0.4 is 4.90 Å². The molecule has 12 aromatic rings. The van der Waals surface area contributed by atoms with Crippen molar-refractivity contribution in [2.45, 2.75) is 6.54 Å². The molecule has 12 rings (SSSR count). The van der Waals surface area contributed by atoms with Crippen molar-refractivity contribution in [3.8, 4) is 33.4 Å². The van der Waals surface area contributed by atoms with Crippen molar-refractivity contribution in [1.29, 1.82) is 0 Å². The molecule has 0 spiro atoms. The summed E-state index contributed by atoms with van der Waals surface area (Å²) in [5, 5.41) is 9.96. The fourth-order valence-electron chi connectivity index (χ4n) is 9.30. The summed E-state index contributed by atoms with van der Waals surface area (Å²) in [6, 6.07) is 77.2. The monoisotopic (exact) mass is 783 g/mol. The highest BCUT2D eigenvalue weighted by molar-refractivity contribution is 7.26. The molecule has 0 aliphatic rings. The van der Waals surface area contributed by atoms with Crippen LogP contribution in [0.3, 0.4) is 0 Å². The normalized spacial score (nSPS) is 11.7. The van der Waals surface area contributed by atoms with Crippen molar-refractivity contribution in [3.05, 3.63) is 218 Å². The SMILES string of the molecule is c1ccc(-c2cc(N(Cc3cccc4c3sc3ccccc34)c3ccc(-c4cc5ccccc5c5ccccc45)cc3)ccc2-c2cccc3c2oc2ccccc23)cc1. The Labute approximate surface area is 351 Å². The lowest BCUT2D eigenvalue weighted by Crippen LogP contribution is -2.16. The Morgan fingerprint density at radius 1 is 0.383 bits per heavy atom. The number of thiophene rings is 1. The largest absolute Gasteiger partial charge is 0.455 e. The van der Waals surface area contributed by atoms with Crippen molar-refractivity contribution in [2.75, 3.05) is 4.90 Å². The zero-order valence-electron chi connectivity index (χ0n) is 32.7. The number of benzene rings is 10. The molecule has 0 saturated heterocycles. The van der Waals surface area contributed by atoms with Crippen LogP contribution in [0.15, 0.2) is 217 Å². The lowest BCUT2D eigenvalue weighted by Gasteiger charge is -2.27. The predicted molar refractivity (Wildman–Crippen MR) is 257 cm³/mol. The van der Waals surface area contributed by atoms with Crippen molar-refractivity contribution in [1.82, 2.24) is 0 Å². The van der Waals surface area contributed by atoms with Crippen LogP contribution in [-0.4, -0.2) is 0 Å². The van der Waals surface area contributed by atoms with Gasteiger partial charge in [0.1, 0.15) is 11.2 Å². The van der Waals surface area contributed by atoms with Crippen LogP contribution >= 0.6 is 11.3 Å². The van der Waals surface area contributed by atoms with Crippen LogP contribution in [0.2, 0.25) is 0 Å². The highest BCUT2D eigenvalue weighted by Gasteiger charge is 2.20. The molecule has 2 heterocycles. The van der Waals surface area contributed by atoms with Gasteiger partial charge in [0.05, 0.1) is 0 Å². The summed E-state index contributed by atoms with van der Waals surface area (Å²) in [7, 11) is 0. The van der Waals surface area contributed by atoms with Crippen LogP contribution in [0.5, 0.6) is 0 Å². The molecule has 60 heavy (non-hydrogen) atoms. The summed E-state index contributed by atoms with van der Waals surface area (Å²) in [6.07, 6.45) is 0. The molecule has 0 N–H and O–H groups in total. The minimum Gasteiger partial charge on any atom is -0.455 e. The molecule has 2 nitrogen and oxygen atoms in total. The van der Waals surface area contributed by atoms with Crippen molar-refractivity contribution < 1.29 is 4.42 Å². The summed E-state index contributed by atoms with van der Waals surface area (Å²) in [5.41, 5.74) is 12.4. The van der Waals surface area contributed by atoms with Gasteiger partial charge in [-0.3, -0.25) is 0 Å². The Balaban J connectivity index is 1.04. The van der Waals surface area contributed by atoms with E-state index < -0.39 is 0 Å². The van der Waals surface area contributed by atoms with E-state index in [-0.39, 0.29) is 0 Å². The fourth-order valence-corrected chi connectivity index (χ4v) is 10.5. The molecule has 2 aromatic heterocycles. The lowest BCUT2D eigenvalue weighted by molar-refractivity contribution is 0.670. The van der Waals surface area contributed by atoms with Gasteiger partial charge in [-0.25, -0.2) is 0 Å². The zero-order valence-corrected chi connectivity index (χ0v) is 33.5. The number of para-hydroxylation sites is 2. The van der Waals surface area contributed by atoms with E-state index in [4.69, 9.17) is 4.42 Å². The molecular weight excluding hydrogens is 747 g/mol. The molecule has 0 fully saturated rings. The van der Waals surface area contributed by atoms with Gasteiger partial charge in [-0.1, -0.05) is 170 Å². The summed E-state index contributed by atoms with van der Waals surface area (Å²) in [4.78, 5) is 2.49. The van der Waals surface area contributed by atoms with Gasteiger partial charge in [-0.2, -0.15) is 0 Å². The standard InChI is InChI=1S/C57H37NOS/c1-2-14-37(15-3-1)53-35-42(32-33-46(53)49-23-13-24-50-47-21-8-10-26-54(47)59-56(49)50)58(36-40-17-12-25-51-48-22-9-11-27-55(48)60-57(40)51)41-30-28-38(29-31-41)52-34-39-16-4-5-18-43(39)44-19-6-7-20-45(44)52/h1-35H,36H2. The summed E-state index contributed by atoms with van der Waals surface area (Å²) < 4.78 is 9.26. The van der Waals surface area contributed by atoms with E-state index >= 15 is 0 Å². The molecule has 0 aliphatic carbocycles. The average molecular weight is 784 g/mol. The molecule has 282 valence electrons. The Hall–Kier alpha value is -7.46. The van der Waals surface area contributed by atoms with E-state index in [9.17, 15) is 0 Å². The molecular formula is C57H37NOS. The number of hydrogen-bond donors (Lipinski definition) is 0. The molecule has 0 unspecified atom stereocenters. The van der Waals surface area contributed by atoms with E-state index in [1.165, 1.54) is 58.4 Å². The number of rotatable bonds is 7. The van der Waals surface area contributed by atoms with Gasteiger partial charge in [0.25, 0.3) is 0 Å². The van der Waals surface area contributed by atoms with E-state index in [2.05, 4.69) is 211 Å². The van der Waals surface area contributed by atoms with Gasteiger partial charge in [0.15, 0.2) is 0 Å². The maximum atomic E-state index is 6.61. The maximum absolute atomic E-state index is 6.61. The first-order valence-electron chi connectivity index (χ1n) is 20.5. The third kappa shape index (κ3) is 5.70. The van der Waals surface area contributed by atoms with Gasteiger partial charge in [0.2, 0.25) is 0 Å². The number of hydrogen-bond acceptors (Lipinski definition) is 3. The molecule has 0 amide bonds. The van der Waals surface area contributed by atoms with Gasteiger partial charge in [0, 0.05) is 54.4 Å². The first kappa shape index (κ1) is 34.6. The number of fused-ring (bicyclic) bond motifs is 9. The van der Waals surface area contributed by atoms with Gasteiger partial charge >= 0.3 is 0 Å². The second kappa shape index (κ2) is 14.1. The average Bonchev–Trinajstić information content (AvgIpc) is 3.90. The second-order valence-corrected chi connectivity index (χ2v) is 16.6. The van der Waals surface area contributed by atoms with Crippen molar-refractivity contribution in [2.24, 2.45) is 0 Å². The molecule has 0 radical (unpaired) electrons. The lowest BCUT2D eigenvalue weighted by atomic mass is 9.92. The van der Waals surface area contributed by atoms with Crippen LogP contribution in [0.4, 0.5) is 11.4 Å². The second-order valence-electron chi connectivity index (χ2n) is 15.6. The van der Waals surface area contributed by atoms with Crippen LogP contribution in [0.1, 0.15) is 5.56 Å². The maximum Gasteiger partial charge on any atom is 0.143 e. The third-order valence-electron chi connectivity index (χ3n) is 12.2. The van der Waals surface area contributed by atoms with E-state index in [1.54, 1.807) is 0 Å². The van der Waals surface area contributed by atoms with E-state index in [0.717, 1.165) is 55.6 Å². The zero-order chi connectivity index (χ0) is 39.6. The number of nitrogens with zero attached hydrogens (tertiary/aromatic N) is 1. The van der Waals surface area contributed by atoms with Gasteiger partial charge < -0.3 is 9.32 Å². The summed E-state index contributed by atoms with van der Waals surface area (Å²) in [5.74, 6) is 0. The molecule has 0 saturated carbocycles. The minimum atomic E-state index is 0.704. The highest BCUT2D eigenvalue weighted by Crippen LogP contribution is 2.44. The molecule has 0 aliphatic heterocycles. The van der Waals surface area contributed by atoms with Crippen LogP contribution in [0, 0.1) is 0 Å². The minimum absolute atomic E-state index is 0.704. The van der Waals surface area contributed by atoms with E-state index in [1.807, 2.05) is 17.4 Å². The first-order chi connectivity index (χ1) is 29.7. The Bertz CT molecular complexity index is 3580. The summed E-state index contributed by atoms with van der Waals surface area (Å²) in [6.45, 7) is 0.704. The fraction of sp³-hybridized carbons (Fsp3) is 0.0175. The van der Waals surface area contributed by atoms with Crippen molar-refractivity contribution >= 4 is 86.4 Å².